The Balaban J connectivity index is 1.76. The molecule has 0 bridgehead atoms. The van der Waals surface area contributed by atoms with Gasteiger partial charge in [0.05, 0.1) is 26.3 Å². The van der Waals surface area contributed by atoms with Crippen molar-refractivity contribution < 1.29 is 14.3 Å². The number of hydrogen-bond donors (Lipinski definition) is 0. The topological polar surface area (TPSA) is 53.1 Å². The molecule has 6 nitrogen and oxygen atoms in total. The molecular formula is C13H22IN3O3. The summed E-state index contributed by atoms with van der Waals surface area (Å²) in [5.41, 5.74) is 0. The third-order valence-electron chi connectivity index (χ3n) is 3.70. The molecule has 0 aromatic rings. The number of amides is 2. The lowest BCUT2D eigenvalue weighted by Crippen LogP contribution is -2.54. The van der Waals surface area contributed by atoms with Crippen LogP contribution in [0.5, 0.6) is 0 Å². The lowest BCUT2D eigenvalue weighted by Gasteiger charge is -2.35. The second-order valence-electron chi connectivity index (χ2n) is 5.13. The van der Waals surface area contributed by atoms with Gasteiger partial charge in [0, 0.05) is 30.6 Å². The third-order valence-corrected chi connectivity index (χ3v) is 4.46. The van der Waals surface area contributed by atoms with Crippen LogP contribution in [0.25, 0.3) is 0 Å². The highest BCUT2D eigenvalue weighted by atomic mass is 127. The minimum Gasteiger partial charge on any atom is -0.378 e. The monoisotopic (exact) mass is 395 g/mol. The van der Waals surface area contributed by atoms with E-state index in [4.69, 9.17) is 4.74 Å². The molecule has 20 heavy (non-hydrogen) atoms. The van der Waals surface area contributed by atoms with Crippen LogP contribution in [-0.4, -0.2) is 90.0 Å². The highest BCUT2D eigenvalue weighted by Crippen LogP contribution is 2.06. The highest BCUT2D eigenvalue weighted by Gasteiger charge is 2.27. The van der Waals surface area contributed by atoms with Crippen LogP contribution >= 0.6 is 22.6 Å². The Kier molecular flexibility index (Phi) is 6.50. The number of carbonyl (C=O) groups is 2. The number of hydrogen-bond acceptors (Lipinski definition) is 4. The summed E-state index contributed by atoms with van der Waals surface area (Å²) in [7, 11) is 0. The average molecular weight is 395 g/mol. The summed E-state index contributed by atoms with van der Waals surface area (Å²) < 4.78 is 6.34. The summed E-state index contributed by atoms with van der Waals surface area (Å²) in [5, 5.41) is 0. The molecule has 2 heterocycles. The summed E-state index contributed by atoms with van der Waals surface area (Å²) in [5.74, 6) is 0.119. The molecule has 0 saturated carbocycles. The molecule has 2 saturated heterocycles. The van der Waals surface area contributed by atoms with Crippen LogP contribution in [-0.2, 0) is 14.3 Å². The van der Waals surface area contributed by atoms with Crippen molar-refractivity contribution in [3.63, 3.8) is 0 Å². The molecule has 0 atom stereocenters. The van der Waals surface area contributed by atoms with Gasteiger partial charge in [-0.2, -0.15) is 0 Å². The molecule has 2 aliphatic heterocycles. The van der Waals surface area contributed by atoms with E-state index < -0.39 is 0 Å². The summed E-state index contributed by atoms with van der Waals surface area (Å²) in [6.07, 6.45) is 1.11. The van der Waals surface area contributed by atoms with Crippen LogP contribution < -0.4 is 0 Å². The lowest BCUT2D eigenvalue weighted by molar-refractivity contribution is -0.145. The fraction of sp³-hybridized carbons (Fsp3) is 0.846. The number of morpholine rings is 1. The number of halogens is 1. The quantitative estimate of drug-likeness (QED) is 0.479. The standard InChI is InChI=1S/C13H22IN3O3/c14-2-1-3-15-4-5-17(12(18)10-15)11-13(19)16-6-8-20-9-7-16/h1-11H2. The van der Waals surface area contributed by atoms with E-state index in [1.54, 1.807) is 9.80 Å². The van der Waals surface area contributed by atoms with Gasteiger partial charge in [0.1, 0.15) is 0 Å². The Labute approximate surface area is 133 Å². The Hall–Kier alpha value is -0.410. The van der Waals surface area contributed by atoms with E-state index in [1.165, 1.54) is 0 Å². The molecule has 2 aliphatic rings. The number of carbonyl (C=O) groups excluding carboxylic acids is 2. The molecule has 0 radical (unpaired) electrons. The molecule has 0 unspecified atom stereocenters. The maximum Gasteiger partial charge on any atom is 0.242 e. The molecule has 0 aliphatic carbocycles. The zero-order valence-corrected chi connectivity index (χ0v) is 13.9. The number of ether oxygens (including phenoxy) is 1. The molecule has 2 rings (SSSR count). The van der Waals surface area contributed by atoms with E-state index in [0.29, 0.717) is 39.4 Å². The van der Waals surface area contributed by atoms with Crippen molar-refractivity contribution in [1.82, 2.24) is 14.7 Å². The largest absolute Gasteiger partial charge is 0.378 e. The lowest BCUT2D eigenvalue weighted by atomic mass is 10.2. The van der Waals surface area contributed by atoms with Gasteiger partial charge in [-0.1, -0.05) is 22.6 Å². The first-order valence-electron chi connectivity index (χ1n) is 7.12. The van der Waals surface area contributed by atoms with Crippen molar-refractivity contribution in [2.45, 2.75) is 6.42 Å². The Morgan fingerprint density at radius 3 is 2.60 bits per heavy atom. The van der Waals surface area contributed by atoms with E-state index in [9.17, 15) is 9.59 Å². The van der Waals surface area contributed by atoms with Crippen molar-refractivity contribution >= 4 is 34.4 Å². The van der Waals surface area contributed by atoms with Gasteiger partial charge in [-0.05, 0) is 13.0 Å². The molecule has 0 aromatic carbocycles. The molecule has 0 spiro atoms. The molecule has 0 aromatic heterocycles. The van der Waals surface area contributed by atoms with Gasteiger partial charge in [0.15, 0.2) is 0 Å². The van der Waals surface area contributed by atoms with E-state index >= 15 is 0 Å². The predicted molar refractivity (Wildman–Crippen MR) is 83.9 cm³/mol. The summed E-state index contributed by atoms with van der Waals surface area (Å²) in [6.45, 7) is 5.67. The van der Waals surface area contributed by atoms with Crippen LogP contribution in [0.2, 0.25) is 0 Å². The molecular weight excluding hydrogens is 373 g/mol. The fourth-order valence-electron chi connectivity index (χ4n) is 2.47. The third kappa shape index (κ3) is 4.56. The van der Waals surface area contributed by atoms with Crippen molar-refractivity contribution in [3.8, 4) is 0 Å². The SMILES string of the molecule is O=C(CN1CCN(CCCI)CC1=O)N1CCOCC1. The van der Waals surface area contributed by atoms with Crippen LogP contribution in [0, 0.1) is 0 Å². The van der Waals surface area contributed by atoms with Gasteiger partial charge in [-0.25, -0.2) is 0 Å². The van der Waals surface area contributed by atoms with Crippen molar-refractivity contribution in [3.05, 3.63) is 0 Å². The Morgan fingerprint density at radius 2 is 1.95 bits per heavy atom. The average Bonchev–Trinajstić information content (AvgIpc) is 2.48. The smallest absolute Gasteiger partial charge is 0.242 e. The van der Waals surface area contributed by atoms with Gasteiger partial charge in [-0.3, -0.25) is 14.5 Å². The van der Waals surface area contributed by atoms with Crippen molar-refractivity contribution in [2.24, 2.45) is 0 Å². The normalized spacial score (nSPS) is 21.4. The Morgan fingerprint density at radius 1 is 1.20 bits per heavy atom. The first-order valence-corrected chi connectivity index (χ1v) is 8.65. The molecule has 114 valence electrons. The Bertz CT molecular complexity index is 348. The molecule has 2 amide bonds. The zero-order chi connectivity index (χ0) is 14.4. The van der Waals surface area contributed by atoms with Crippen LogP contribution in [0.1, 0.15) is 6.42 Å². The maximum atomic E-state index is 12.1. The summed E-state index contributed by atoms with van der Waals surface area (Å²) >= 11 is 2.35. The first kappa shape index (κ1) is 16.0. The molecule has 0 N–H and O–H groups in total. The van der Waals surface area contributed by atoms with Gasteiger partial charge >= 0.3 is 0 Å². The van der Waals surface area contributed by atoms with E-state index in [2.05, 4.69) is 27.5 Å². The van der Waals surface area contributed by atoms with E-state index in [-0.39, 0.29) is 18.4 Å². The maximum absolute atomic E-state index is 12.1. The number of nitrogens with zero attached hydrogens (tertiary/aromatic N) is 3. The van der Waals surface area contributed by atoms with E-state index in [0.717, 1.165) is 23.9 Å². The second kappa shape index (κ2) is 8.14. The van der Waals surface area contributed by atoms with Crippen LogP contribution in [0.3, 0.4) is 0 Å². The van der Waals surface area contributed by atoms with Crippen molar-refractivity contribution in [2.75, 3.05) is 63.5 Å². The van der Waals surface area contributed by atoms with Gasteiger partial charge in [0.25, 0.3) is 0 Å². The predicted octanol–water partition coefficient (Wildman–Crippen LogP) is -0.185. The van der Waals surface area contributed by atoms with E-state index in [1.807, 2.05) is 0 Å². The number of rotatable bonds is 5. The molecule has 7 heteroatoms. The van der Waals surface area contributed by atoms with Crippen LogP contribution in [0.15, 0.2) is 0 Å². The van der Waals surface area contributed by atoms with Crippen molar-refractivity contribution in [1.29, 1.82) is 0 Å². The second-order valence-corrected chi connectivity index (χ2v) is 6.21. The minimum absolute atomic E-state index is 0.0439. The summed E-state index contributed by atoms with van der Waals surface area (Å²) in [6, 6.07) is 0. The number of piperazine rings is 1. The molecule has 2 fully saturated rings. The number of alkyl halides is 1. The van der Waals surface area contributed by atoms with Gasteiger partial charge in [0.2, 0.25) is 11.8 Å². The fourth-order valence-corrected chi connectivity index (χ4v) is 2.82. The van der Waals surface area contributed by atoms with Gasteiger partial charge < -0.3 is 14.5 Å². The van der Waals surface area contributed by atoms with Crippen LogP contribution in [0.4, 0.5) is 0 Å². The van der Waals surface area contributed by atoms with Gasteiger partial charge in [-0.15, -0.1) is 0 Å². The summed E-state index contributed by atoms with van der Waals surface area (Å²) in [4.78, 5) is 29.9. The first-order chi connectivity index (χ1) is 9.70. The zero-order valence-electron chi connectivity index (χ0n) is 11.7. The highest BCUT2D eigenvalue weighted by molar-refractivity contribution is 14.1. The minimum atomic E-state index is 0.0439.